The highest BCUT2D eigenvalue weighted by Crippen LogP contribution is 2.58. The van der Waals surface area contributed by atoms with Crippen molar-refractivity contribution in [2.75, 3.05) is 19.6 Å². The largest absolute Gasteiger partial charge is 0.341 e. The Morgan fingerprint density at radius 2 is 1.79 bits per heavy atom. The van der Waals surface area contributed by atoms with Crippen LogP contribution in [0.1, 0.15) is 44.9 Å². The maximum Gasteiger partial charge on any atom is 0.226 e. The molecule has 0 aromatic heterocycles. The third-order valence-electron chi connectivity index (χ3n) is 5.78. The van der Waals surface area contributed by atoms with Gasteiger partial charge in [-0.25, -0.2) is 0 Å². The standard InChI is InChI=1S/C16H26N2O/c19-16(15-13-4-1-5-14(13)15)18(9-11-6-7-11)10-12-3-2-8-17-12/h11-15,17H,1-10H2. The highest BCUT2D eigenvalue weighted by molar-refractivity contribution is 5.82. The molecule has 3 saturated carbocycles. The van der Waals surface area contributed by atoms with E-state index in [1.807, 2.05) is 0 Å². The number of rotatable bonds is 5. The number of carbonyl (C=O) groups excluding carboxylic acids is 1. The smallest absolute Gasteiger partial charge is 0.226 e. The van der Waals surface area contributed by atoms with E-state index in [-0.39, 0.29) is 0 Å². The zero-order valence-corrected chi connectivity index (χ0v) is 11.8. The van der Waals surface area contributed by atoms with Crippen molar-refractivity contribution in [1.82, 2.24) is 10.2 Å². The fourth-order valence-corrected chi connectivity index (χ4v) is 4.44. The lowest BCUT2D eigenvalue weighted by atomic mass is 10.1. The summed E-state index contributed by atoms with van der Waals surface area (Å²) in [5, 5.41) is 3.55. The summed E-state index contributed by atoms with van der Waals surface area (Å²) in [6.07, 6.45) is 9.24. The first kappa shape index (κ1) is 12.2. The zero-order valence-electron chi connectivity index (χ0n) is 11.8. The lowest BCUT2D eigenvalue weighted by molar-refractivity contribution is -0.134. The molecule has 3 nitrogen and oxygen atoms in total. The van der Waals surface area contributed by atoms with Crippen LogP contribution in [0.5, 0.6) is 0 Å². The second kappa shape index (κ2) is 4.76. The fourth-order valence-electron chi connectivity index (χ4n) is 4.44. The van der Waals surface area contributed by atoms with E-state index < -0.39 is 0 Å². The van der Waals surface area contributed by atoms with Gasteiger partial charge in [-0.15, -0.1) is 0 Å². The van der Waals surface area contributed by atoms with Gasteiger partial charge in [0.2, 0.25) is 5.91 Å². The molecule has 106 valence electrons. The van der Waals surface area contributed by atoms with Crippen LogP contribution in [0.2, 0.25) is 0 Å². The van der Waals surface area contributed by atoms with E-state index in [2.05, 4.69) is 10.2 Å². The van der Waals surface area contributed by atoms with Crippen molar-refractivity contribution in [1.29, 1.82) is 0 Å². The summed E-state index contributed by atoms with van der Waals surface area (Å²) in [6.45, 7) is 3.17. The molecule has 0 spiro atoms. The van der Waals surface area contributed by atoms with Crippen LogP contribution in [0.4, 0.5) is 0 Å². The normalized spacial score (nSPS) is 40.2. The minimum absolute atomic E-state index is 0.425. The molecule has 0 radical (unpaired) electrons. The van der Waals surface area contributed by atoms with Crippen LogP contribution in [0.15, 0.2) is 0 Å². The minimum atomic E-state index is 0.425. The average Bonchev–Trinajstić information content (AvgIpc) is 3.22. The predicted octanol–water partition coefficient (Wildman–Crippen LogP) is 2.02. The molecule has 1 N–H and O–H groups in total. The fraction of sp³-hybridized carbons (Fsp3) is 0.938. The van der Waals surface area contributed by atoms with Gasteiger partial charge in [0.25, 0.3) is 0 Å². The number of carbonyl (C=O) groups is 1. The Labute approximate surface area is 116 Å². The van der Waals surface area contributed by atoms with Gasteiger partial charge in [0.1, 0.15) is 0 Å². The van der Waals surface area contributed by atoms with Gasteiger partial charge < -0.3 is 10.2 Å². The molecule has 3 heteroatoms. The van der Waals surface area contributed by atoms with E-state index in [4.69, 9.17) is 0 Å². The quantitative estimate of drug-likeness (QED) is 0.822. The van der Waals surface area contributed by atoms with E-state index in [1.54, 1.807) is 0 Å². The monoisotopic (exact) mass is 262 g/mol. The van der Waals surface area contributed by atoms with Gasteiger partial charge in [-0.05, 0) is 62.8 Å². The molecule has 3 aliphatic carbocycles. The summed E-state index contributed by atoms with van der Waals surface area (Å²) in [6, 6.07) is 0.571. The van der Waals surface area contributed by atoms with Crippen LogP contribution in [-0.2, 0) is 4.79 Å². The molecule has 1 heterocycles. The Hall–Kier alpha value is -0.570. The first-order valence-electron chi connectivity index (χ1n) is 8.35. The molecule has 1 aliphatic heterocycles. The van der Waals surface area contributed by atoms with Gasteiger partial charge in [-0.3, -0.25) is 4.79 Å². The predicted molar refractivity (Wildman–Crippen MR) is 74.6 cm³/mol. The highest BCUT2D eigenvalue weighted by atomic mass is 16.2. The molecule has 1 saturated heterocycles. The lowest BCUT2D eigenvalue weighted by Crippen LogP contribution is -2.43. The Morgan fingerprint density at radius 1 is 1.00 bits per heavy atom. The SMILES string of the molecule is O=C(C1C2CCCC21)N(CC1CC1)CC1CCCN1. The van der Waals surface area contributed by atoms with E-state index in [1.165, 1.54) is 44.9 Å². The van der Waals surface area contributed by atoms with Crippen molar-refractivity contribution in [2.45, 2.75) is 51.0 Å². The summed E-state index contributed by atoms with van der Waals surface area (Å²) >= 11 is 0. The third kappa shape index (κ3) is 2.42. The first-order valence-corrected chi connectivity index (χ1v) is 8.35. The van der Waals surface area contributed by atoms with Gasteiger partial charge in [0.05, 0.1) is 0 Å². The summed E-state index contributed by atoms with van der Waals surface area (Å²) in [5.41, 5.74) is 0. The van der Waals surface area contributed by atoms with E-state index >= 15 is 0 Å². The van der Waals surface area contributed by atoms with Crippen LogP contribution in [-0.4, -0.2) is 36.5 Å². The van der Waals surface area contributed by atoms with Crippen molar-refractivity contribution < 1.29 is 4.79 Å². The number of nitrogens with one attached hydrogen (secondary N) is 1. The maximum atomic E-state index is 12.8. The van der Waals surface area contributed by atoms with Gasteiger partial charge >= 0.3 is 0 Å². The molecule has 0 bridgehead atoms. The first-order chi connectivity index (χ1) is 9.33. The number of hydrogen-bond donors (Lipinski definition) is 1. The number of hydrogen-bond acceptors (Lipinski definition) is 2. The van der Waals surface area contributed by atoms with Crippen molar-refractivity contribution in [3.05, 3.63) is 0 Å². The number of amides is 1. The van der Waals surface area contributed by atoms with Crippen molar-refractivity contribution in [3.63, 3.8) is 0 Å². The van der Waals surface area contributed by atoms with Crippen LogP contribution < -0.4 is 5.32 Å². The van der Waals surface area contributed by atoms with E-state index in [0.717, 1.165) is 37.4 Å². The molecule has 19 heavy (non-hydrogen) atoms. The molecule has 0 aromatic rings. The summed E-state index contributed by atoms with van der Waals surface area (Å²) in [7, 11) is 0. The number of nitrogens with zero attached hydrogens (tertiary/aromatic N) is 1. The van der Waals surface area contributed by atoms with Gasteiger partial charge in [0, 0.05) is 25.0 Å². The molecular formula is C16H26N2O. The summed E-state index contributed by atoms with van der Waals surface area (Å²) < 4.78 is 0. The Kier molecular flexibility index (Phi) is 3.06. The maximum absolute atomic E-state index is 12.8. The Morgan fingerprint density at radius 3 is 2.42 bits per heavy atom. The molecule has 0 aromatic carbocycles. The zero-order chi connectivity index (χ0) is 12.8. The van der Waals surface area contributed by atoms with Crippen LogP contribution in [0.25, 0.3) is 0 Å². The number of fused-ring (bicyclic) bond motifs is 1. The third-order valence-corrected chi connectivity index (χ3v) is 5.78. The summed E-state index contributed by atoms with van der Waals surface area (Å²) in [5.74, 6) is 3.30. The average molecular weight is 262 g/mol. The lowest BCUT2D eigenvalue weighted by Gasteiger charge is -2.27. The highest BCUT2D eigenvalue weighted by Gasteiger charge is 2.57. The summed E-state index contributed by atoms with van der Waals surface area (Å²) in [4.78, 5) is 15.0. The van der Waals surface area contributed by atoms with Crippen molar-refractivity contribution in [3.8, 4) is 0 Å². The van der Waals surface area contributed by atoms with Gasteiger partial charge in [-0.2, -0.15) is 0 Å². The second-order valence-electron chi connectivity index (χ2n) is 7.26. The second-order valence-corrected chi connectivity index (χ2v) is 7.26. The van der Waals surface area contributed by atoms with Gasteiger partial charge in [0.15, 0.2) is 0 Å². The van der Waals surface area contributed by atoms with Crippen LogP contribution >= 0.6 is 0 Å². The topological polar surface area (TPSA) is 32.3 Å². The Bertz CT molecular complexity index is 350. The van der Waals surface area contributed by atoms with Crippen molar-refractivity contribution in [2.24, 2.45) is 23.7 Å². The van der Waals surface area contributed by atoms with E-state index in [9.17, 15) is 4.79 Å². The molecular weight excluding hydrogens is 236 g/mol. The molecule has 4 rings (SSSR count). The molecule has 3 unspecified atom stereocenters. The van der Waals surface area contributed by atoms with Crippen LogP contribution in [0.3, 0.4) is 0 Å². The molecule has 4 aliphatic rings. The van der Waals surface area contributed by atoms with Crippen LogP contribution in [0, 0.1) is 23.7 Å². The molecule has 4 fully saturated rings. The van der Waals surface area contributed by atoms with Crippen molar-refractivity contribution >= 4 is 5.91 Å². The molecule has 1 amide bonds. The Balaban J connectivity index is 1.38. The molecule has 3 atom stereocenters. The minimum Gasteiger partial charge on any atom is -0.341 e. The van der Waals surface area contributed by atoms with E-state index in [0.29, 0.717) is 17.9 Å². The van der Waals surface area contributed by atoms with Gasteiger partial charge in [-0.1, -0.05) is 6.42 Å².